The number of carbonyl (C=O) groups is 1. The Morgan fingerprint density at radius 3 is 2.79 bits per heavy atom. The van der Waals surface area contributed by atoms with Gasteiger partial charge in [-0.3, -0.25) is 4.79 Å². The summed E-state index contributed by atoms with van der Waals surface area (Å²) >= 11 is 0. The van der Waals surface area contributed by atoms with Crippen LogP contribution in [0.5, 0.6) is 5.75 Å². The van der Waals surface area contributed by atoms with Gasteiger partial charge in [-0.05, 0) is 41.1 Å². The van der Waals surface area contributed by atoms with Gasteiger partial charge in [0.05, 0.1) is 17.6 Å². The first-order chi connectivity index (χ1) is 14.1. The molecule has 0 saturated heterocycles. The van der Waals surface area contributed by atoms with Crippen LogP contribution < -0.4 is 15.2 Å². The number of ether oxygens (including phenoxy) is 1. The minimum atomic E-state index is -0.251. The smallest absolute Gasteiger partial charge is 0.360 e. The molecule has 1 aliphatic heterocycles. The second-order valence-corrected chi connectivity index (χ2v) is 8.03. The molecule has 2 aromatic carbocycles. The zero-order chi connectivity index (χ0) is 20.0. The van der Waals surface area contributed by atoms with Crippen LogP contribution in [0.25, 0.3) is 29.2 Å². The van der Waals surface area contributed by atoms with Gasteiger partial charge in [0.15, 0.2) is 5.78 Å². The summed E-state index contributed by atoms with van der Waals surface area (Å²) in [6, 6.07) is 15.8. The molecule has 29 heavy (non-hydrogen) atoms. The Labute approximate surface area is 168 Å². The first kappa shape index (κ1) is 17.6. The first-order valence-corrected chi connectivity index (χ1v) is 9.76. The lowest BCUT2D eigenvalue weighted by molar-refractivity contribution is -0.126. The summed E-state index contributed by atoms with van der Waals surface area (Å²) in [6.45, 7) is 4.26. The highest BCUT2D eigenvalue weighted by atomic mass is 16.5. The van der Waals surface area contributed by atoms with E-state index in [1.807, 2.05) is 66.8 Å². The van der Waals surface area contributed by atoms with E-state index in [9.17, 15) is 4.79 Å². The molecule has 5 rings (SSSR count). The lowest BCUT2D eigenvalue weighted by atomic mass is 9.57. The van der Waals surface area contributed by atoms with Crippen molar-refractivity contribution in [1.29, 1.82) is 0 Å². The highest BCUT2D eigenvalue weighted by Crippen LogP contribution is 2.49. The van der Waals surface area contributed by atoms with Crippen molar-refractivity contribution >= 4 is 35.0 Å². The van der Waals surface area contributed by atoms with Crippen LogP contribution in [0.15, 0.2) is 77.1 Å². The molecule has 2 heterocycles. The van der Waals surface area contributed by atoms with Crippen LogP contribution in [0.3, 0.4) is 0 Å². The number of benzene rings is 2. The van der Waals surface area contributed by atoms with E-state index in [0.717, 1.165) is 38.3 Å². The van der Waals surface area contributed by atoms with Crippen LogP contribution in [-0.2, 0) is 4.79 Å². The summed E-state index contributed by atoms with van der Waals surface area (Å²) in [5, 5.41) is 3.06. The van der Waals surface area contributed by atoms with Crippen LogP contribution >= 0.6 is 0 Å². The van der Waals surface area contributed by atoms with Gasteiger partial charge in [0.25, 0.3) is 0 Å². The van der Waals surface area contributed by atoms with Crippen LogP contribution in [0.4, 0.5) is 0 Å². The molecule has 142 valence electrons. The fourth-order valence-electron chi connectivity index (χ4n) is 4.23. The van der Waals surface area contributed by atoms with Gasteiger partial charge in [0, 0.05) is 28.3 Å². The Bertz CT molecular complexity index is 1320. The zero-order valence-electron chi connectivity index (χ0n) is 16.4. The maximum atomic E-state index is 13.1. The third kappa shape index (κ3) is 2.82. The number of ketones is 1. The minimum absolute atomic E-state index is 0.167. The first-order valence-electron chi connectivity index (χ1n) is 9.76. The largest absolute Gasteiger partial charge is 0.464 e. The van der Waals surface area contributed by atoms with E-state index in [4.69, 9.17) is 9.15 Å². The molecule has 0 bridgehead atoms. The molecule has 0 N–H and O–H groups in total. The normalized spacial score (nSPS) is 21.4. The number of rotatable bonds is 2. The van der Waals surface area contributed by atoms with E-state index in [1.165, 1.54) is 0 Å². The molecule has 3 nitrogen and oxygen atoms in total. The van der Waals surface area contributed by atoms with E-state index in [0.29, 0.717) is 0 Å². The molecule has 1 atom stereocenters. The molecular weight excluding hydrogens is 360 g/mol. The third-order valence-electron chi connectivity index (χ3n) is 5.94. The predicted octanol–water partition coefficient (Wildman–Crippen LogP) is 4.49. The summed E-state index contributed by atoms with van der Waals surface area (Å²) in [7, 11) is 0. The highest BCUT2D eigenvalue weighted by Gasteiger charge is 2.50. The second-order valence-electron chi connectivity index (χ2n) is 8.03. The molecule has 0 spiro atoms. The summed E-state index contributed by atoms with van der Waals surface area (Å²) in [4.78, 5) is 13.1. The number of allylic oxidation sites excluding steroid dienone is 2. The lowest BCUT2D eigenvalue weighted by Crippen LogP contribution is -2.47. The van der Waals surface area contributed by atoms with Crippen LogP contribution in [0.2, 0.25) is 0 Å². The Morgan fingerprint density at radius 2 is 1.93 bits per heavy atom. The molecule has 3 heteroatoms. The molecule has 3 aromatic rings. The van der Waals surface area contributed by atoms with E-state index >= 15 is 0 Å². The number of Topliss-reactive ketones (excluding diaryl/α,β-unsaturated/α-hetero) is 1. The Kier molecular flexibility index (Phi) is 3.99. The fraction of sp³-hybridized carbons (Fsp3) is 0.154. The summed E-state index contributed by atoms with van der Waals surface area (Å²) in [5.74, 6) is 0.824. The number of hydrogen-bond donors (Lipinski definition) is 0. The minimum Gasteiger partial charge on any atom is -0.464 e. The van der Waals surface area contributed by atoms with E-state index in [1.54, 1.807) is 12.5 Å². The molecule has 0 amide bonds. The van der Waals surface area contributed by atoms with Gasteiger partial charge in [0.2, 0.25) is 0 Å². The van der Waals surface area contributed by atoms with Crippen molar-refractivity contribution in [3.63, 3.8) is 0 Å². The third-order valence-corrected chi connectivity index (χ3v) is 5.94. The van der Waals surface area contributed by atoms with Gasteiger partial charge >= 0.3 is 11.8 Å². The standard InChI is InChI=1S/C26H21O3/c1-26(2)21(15-17-7-3-11-23-19(17)9-5-13-28-23)25(27)22(26)16-18-8-4-12-24-20(18)10-6-14-29-24/h3-16,21H,1-2H3/q+1. The van der Waals surface area contributed by atoms with Gasteiger partial charge in [-0.25, -0.2) is 4.42 Å². The lowest BCUT2D eigenvalue weighted by Gasteiger charge is -2.44. The SMILES string of the molecule is CC1(C)C(=Cc2cccc3[o+]cccc23)C(=O)C1C=c1cccc2c1=CC=CO2. The molecular formula is C26H21O3+. The average Bonchev–Trinajstić information content (AvgIpc) is 2.75. The van der Waals surface area contributed by atoms with E-state index < -0.39 is 0 Å². The number of fused-ring (bicyclic) bond motifs is 2. The quantitative estimate of drug-likeness (QED) is 0.485. The van der Waals surface area contributed by atoms with Gasteiger partial charge in [-0.2, -0.15) is 0 Å². The van der Waals surface area contributed by atoms with Crippen molar-refractivity contribution in [2.45, 2.75) is 13.8 Å². The topological polar surface area (TPSA) is 37.6 Å². The molecule has 1 aliphatic carbocycles. The molecule has 0 radical (unpaired) electrons. The fourth-order valence-corrected chi connectivity index (χ4v) is 4.23. The Balaban J connectivity index is 1.57. The second kappa shape index (κ2) is 6.56. The molecule has 1 fully saturated rings. The Morgan fingerprint density at radius 1 is 1.07 bits per heavy atom. The van der Waals surface area contributed by atoms with E-state index in [-0.39, 0.29) is 17.1 Å². The van der Waals surface area contributed by atoms with Crippen molar-refractivity contribution in [3.05, 3.63) is 88.7 Å². The molecule has 1 aromatic heterocycles. The Hall–Kier alpha value is -3.46. The zero-order valence-corrected chi connectivity index (χ0v) is 16.4. The van der Waals surface area contributed by atoms with Crippen LogP contribution in [0, 0.1) is 11.3 Å². The number of hydrogen-bond acceptors (Lipinski definition) is 2. The van der Waals surface area contributed by atoms with Crippen LogP contribution in [0.1, 0.15) is 19.4 Å². The summed E-state index contributed by atoms with van der Waals surface area (Å²) in [6.07, 6.45) is 11.3. The van der Waals surface area contributed by atoms with E-state index in [2.05, 4.69) is 19.9 Å². The summed E-state index contributed by atoms with van der Waals surface area (Å²) in [5.41, 5.74) is 2.42. The van der Waals surface area contributed by atoms with Crippen molar-refractivity contribution in [2.75, 3.05) is 0 Å². The maximum Gasteiger partial charge on any atom is 0.360 e. The predicted molar refractivity (Wildman–Crippen MR) is 115 cm³/mol. The van der Waals surface area contributed by atoms with Crippen LogP contribution in [-0.4, -0.2) is 5.78 Å². The molecule has 1 unspecified atom stereocenters. The van der Waals surface area contributed by atoms with Crippen molar-refractivity contribution in [3.8, 4) is 5.75 Å². The molecule has 2 aliphatic rings. The van der Waals surface area contributed by atoms with Gasteiger partial charge in [-0.15, -0.1) is 0 Å². The van der Waals surface area contributed by atoms with Gasteiger partial charge < -0.3 is 4.74 Å². The van der Waals surface area contributed by atoms with Crippen molar-refractivity contribution in [2.24, 2.45) is 11.3 Å². The molecule has 1 saturated carbocycles. The maximum absolute atomic E-state index is 13.1. The summed E-state index contributed by atoms with van der Waals surface area (Å²) < 4.78 is 11.2. The van der Waals surface area contributed by atoms with Crippen molar-refractivity contribution in [1.82, 2.24) is 0 Å². The monoisotopic (exact) mass is 381 g/mol. The number of carbonyl (C=O) groups excluding carboxylic acids is 1. The van der Waals surface area contributed by atoms with Gasteiger partial charge in [0.1, 0.15) is 5.75 Å². The average molecular weight is 381 g/mol. The highest BCUT2D eigenvalue weighted by molar-refractivity contribution is 6.13. The van der Waals surface area contributed by atoms with Gasteiger partial charge in [-0.1, -0.05) is 44.2 Å². The van der Waals surface area contributed by atoms with Crippen molar-refractivity contribution < 1.29 is 13.9 Å².